The first kappa shape index (κ1) is 15.8. The van der Waals surface area contributed by atoms with E-state index in [9.17, 15) is 9.90 Å². The number of aliphatic hydroxyl groups is 1. The van der Waals surface area contributed by atoms with Crippen LogP contribution >= 0.6 is 0 Å². The summed E-state index contributed by atoms with van der Waals surface area (Å²) in [7, 11) is 0. The van der Waals surface area contributed by atoms with Gasteiger partial charge in [-0.3, -0.25) is 9.20 Å². The molecule has 4 rings (SSSR count). The minimum atomic E-state index is -1.09. The molecule has 0 radical (unpaired) electrons. The van der Waals surface area contributed by atoms with Crippen LogP contribution in [-0.2, 0) is 5.60 Å². The highest BCUT2D eigenvalue weighted by Crippen LogP contribution is 2.32. The molecule has 4 heterocycles. The van der Waals surface area contributed by atoms with Crippen LogP contribution in [0.2, 0.25) is 0 Å². The Balaban J connectivity index is 1.64. The molecule has 0 unspecified atom stereocenters. The van der Waals surface area contributed by atoms with Gasteiger partial charge in [-0.25, -0.2) is 9.67 Å². The van der Waals surface area contributed by atoms with Crippen molar-refractivity contribution < 1.29 is 5.11 Å². The zero-order valence-electron chi connectivity index (χ0n) is 14.2. The molecule has 0 bridgehead atoms. The average Bonchev–Trinajstić information content (AvgIpc) is 3.23. The lowest BCUT2D eigenvalue weighted by Gasteiger charge is -2.21. The van der Waals surface area contributed by atoms with Gasteiger partial charge in [0.2, 0.25) is 0 Å². The molecule has 8 nitrogen and oxygen atoms in total. The van der Waals surface area contributed by atoms with Crippen molar-refractivity contribution in [2.24, 2.45) is 0 Å². The minimum Gasteiger partial charge on any atom is -0.381 e. The summed E-state index contributed by atoms with van der Waals surface area (Å²) in [6.45, 7) is 4.95. The molecular formula is C17H20N6O2. The van der Waals surface area contributed by atoms with Crippen LogP contribution < -0.4 is 10.5 Å². The van der Waals surface area contributed by atoms with Crippen LogP contribution in [0.25, 0.3) is 5.65 Å². The number of anilines is 1. The highest BCUT2D eigenvalue weighted by Gasteiger charge is 2.41. The average molecular weight is 340 g/mol. The van der Waals surface area contributed by atoms with Crippen LogP contribution in [0, 0.1) is 0 Å². The van der Waals surface area contributed by atoms with E-state index >= 15 is 0 Å². The maximum absolute atomic E-state index is 12.3. The summed E-state index contributed by atoms with van der Waals surface area (Å²) < 4.78 is 3.23. The van der Waals surface area contributed by atoms with E-state index in [1.54, 1.807) is 29.2 Å². The first-order valence-electron chi connectivity index (χ1n) is 8.34. The lowest BCUT2D eigenvalue weighted by atomic mass is 10.00. The van der Waals surface area contributed by atoms with Crippen molar-refractivity contribution in [3.63, 3.8) is 0 Å². The second-order valence-electron chi connectivity index (χ2n) is 6.76. The summed E-state index contributed by atoms with van der Waals surface area (Å²) in [5.41, 5.74) is -0.0781. The second-order valence-corrected chi connectivity index (χ2v) is 6.76. The van der Waals surface area contributed by atoms with Gasteiger partial charge in [-0.05, 0) is 26.0 Å². The van der Waals surface area contributed by atoms with Gasteiger partial charge in [0.25, 0.3) is 5.56 Å². The quantitative estimate of drug-likeness (QED) is 0.764. The number of rotatable bonds is 3. The number of pyridine rings is 1. The van der Waals surface area contributed by atoms with E-state index in [2.05, 4.69) is 15.3 Å². The van der Waals surface area contributed by atoms with E-state index in [4.69, 9.17) is 0 Å². The first-order chi connectivity index (χ1) is 12.0. The monoisotopic (exact) mass is 340 g/mol. The molecule has 3 aromatic heterocycles. The highest BCUT2D eigenvalue weighted by molar-refractivity contribution is 5.49. The van der Waals surface area contributed by atoms with E-state index < -0.39 is 5.60 Å². The molecule has 8 heteroatoms. The lowest BCUT2D eigenvalue weighted by Crippen LogP contribution is -2.32. The normalized spacial score (nSPS) is 20.7. The largest absolute Gasteiger partial charge is 0.381 e. The van der Waals surface area contributed by atoms with Gasteiger partial charge in [-0.15, -0.1) is 5.10 Å². The molecule has 0 aromatic carbocycles. The first-order valence-corrected chi connectivity index (χ1v) is 8.34. The third-order valence-electron chi connectivity index (χ3n) is 4.65. The maximum atomic E-state index is 12.3. The number of hydrogen-bond donors (Lipinski definition) is 1. The fourth-order valence-electron chi connectivity index (χ4n) is 3.14. The van der Waals surface area contributed by atoms with Crippen molar-refractivity contribution >= 4 is 11.5 Å². The van der Waals surface area contributed by atoms with E-state index in [1.165, 1.54) is 10.5 Å². The van der Waals surface area contributed by atoms with Gasteiger partial charge in [0.15, 0.2) is 0 Å². The molecule has 0 aliphatic carbocycles. The third-order valence-corrected chi connectivity index (χ3v) is 4.65. The van der Waals surface area contributed by atoms with Crippen molar-refractivity contribution in [3.05, 3.63) is 52.7 Å². The number of fused-ring (bicyclic) bond motifs is 1. The Morgan fingerprint density at radius 3 is 2.92 bits per heavy atom. The Kier molecular flexibility index (Phi) is 3.57. The highest BCUT2D eigenvalue weighted by atomic mass is 16.3. The summed E-state index contributed by atoms with van der Waals surface area (Å²) in [5.74, 6) is 0.573. The Bertz CT molecular complexity index is 978. The predicted molar refractivity (Wildman–Crippen MR) is 92.6 cm³/mol. The predicted octanol–water partition coefficient (Wildman–Crippen LogP) is 0.965. The molecule has 0 amide bonds. The summed E-state index contributed by atoms with van der Waals surface area (Å²) in [4.78, 5) is 18.7. The Morgan fingerprint density at radius 1 is 1.32 bits per heavy atom. The van der Waals surface area contributed by atoms with Gasteiger partial charge < -0.3 is 10.0 Å². The standard InChI is InChI=1S/C17H20N6O2/c1-12(2)23-10-13(19-20-23)17(25)6-8-21(11-17)15-9-16(24)22-7-4-3-5-14(22)18-15/h3-5,7,9-10,12,25H,6,8,11H2,1-2H3/t17-/m0/s1. The SMILES string of the molecule is CC(C)n1cc([C@]2(O)CCN(c3cc(=O)n4ccccc4n3)C2)nn1. The summed E-state index contributed by atoms with van der Waals surface area (Å²) in [5, 5.41) is 19.2. The molecule has 0 spiro atoms. The topological polar surface area (TPSA) is 88.5 Å². The Hall–Kier alpha value is -2.74. The van der Waals surface area contributed by atoms with Crippen molar-refractivity contribution in [3.8, 4) is 0 Å². The van der Waals surface area contributed by atoms with Crippen LogP contribution in [0.1, 0.15) is 32.0 Å². The number of hydrogen-bond acceptors (Lipinski definition) is 6. The van der Waals surface area contributed by atoms with Gasteiger partial charge in [-0.1, -0.05) is 11.3 Å². The number of β-amino-alcohol motifs (C(OH)–C–C–N with tert-alkyl or cyclic N) is 1. The third kappa shape index (κ3) is 2.68. The van der Waals surface area contributed by atoms with Gasteiger partial charge in [-0.2, -0.15) is 0 Å². The minimum absolute atomic E-state index is 0.137. The van der Waals surface area contributed by atoms with Gasteiger partial charge >= 0.3 is 0 Å². The molecule has 1 atom stereocenters. The summed E-state index contributed by atoms with van der Waals surface area (Å²) in [6.07, 6.45) is 4.00. The van der Waals surface area contributed by atoms with Crippen LogP contribution in [0.4, 0.5) is 5.82 Å². The molecule has 25 heavy (non-hydrogen) atoms. The molecular weight excluding hydrogens is 320 g/mol. The van der Waals surface area contributed by atoms with Crippen LogP contribution in [0.5, 0.6) is 0 Å². The van der Waals surface area contributed by atoms with Crippen molar-refractivity contribution in [1.29, 1.82) is 0 Å². The van der Waals surface area contributed by atoms with Crippen LogP contribution in [0.15, 0.2) is 41.5 Å². The molecule has 3 aromatic rings. The Labute approximate surface area is 144 Å². The molecule has 1 aliphatic heterocycles. The lowest BCUT2D eigenvalue weighted by molar-refractivity contribution is 0.0559. The molecule has 1 N–H and O–H groups in total. The zero-order chi connectivity index (χ0) is 17.6. The molecule has 1 aliphatic rings. The van der Waals surface area contributed by atoms with Crippen molar-refractivity contribution in [2.45, 2.75) is 31.9 Å². The molecule has 1 fully saturated rings. The maximum Gasteiger partial charge on any atom is 0.259 e. The molecule has 0 saturated carbocycles. The van der Waals surface area contributed by atoms with Crippen molar-refractivity contribution in [2.75, 3.05) is 18.0 Å². The van der Waals surface area contributed by atoms with E-state index in [0.29, 0.717) is 36.7 Å². The Morgan fingerprint density at radius 2 is 2.16 bits per heavy atom. The van der Waals surface area contributed by atoms with Crippen molar-refractivity contribution in [1.82, 2.24) is 24.4 Å². The van der Waals surface area contributed by atoms with E-state index in [1.807, 2.05) is 24.8 Å². The second kappa shape index (κ2) is 5.66. The van der Waals surface area contributed by atoms with Gasteiger partial charge in [0.05, 0.1) is 12.7 Å². The summed E-state index contributed by atoms with van der Waals surface area (Å²) in [6, 6.07) is 7.12. The smallest absolute Gasteiger partial charge is 0.259 e. The molecule has 130 valence electrons. The van der Waals surface area contributed by atoms with Crippen LogP contribution in [-0.4, -0.2) is 42.6 Å². The fraction of sp³-hybridized carbons (Fsp3) is 0.412. The summed E-state index contributed by atoms with van der Waals surface area (Å²) >= 11 is 0. The van der Waals surface area contributed by atoms with Gasteiger partial charge in [0.1, 0.15) is 22.8 Å². The zero-order valence-corrected chi connectivity index (χ0v) is 14.2. The number of aromatic nitrogens is 5. The fourth-order valence-corrected chi connectivity index (χ4v) is 3.14. The molecule has 1 saturated heterocycles. The van der Waals surface area contributed by atoms with Crippen LogP contribution in [0.3, 0.4) is 0 Å². The number of nitrogens with zero attached hydrogens (tertiary/aromatic N) is 6. The van der Waals surface area contributed by atoms with E-state index in [0.717, 1.165) is 0 Å². The van der Waals surface area contributed by atoms with Gasteiger partial charge in [0, 0.05) is 31.3 Å². The van der Waals surface area contributed by atoms with E-state index in [-0.39, 0.29) is 11.6 Å².